The van der Waals surface area contributed by atoms with Crippen LogP contribution in [0.4, 0.5) is 31.9 Å². The molecule has 10 heterocycles. The standard InChI is InChI=1S/C32H23F2N3O8.C32H25F2N3O7.C30H24N4O9/c1-43-21-10-8-18-13-36(28(39)24(18)25(21)33)14-32(22-12-19-11-17-7-9-20(38)23(17)26(34)27(19)45-22)30(41)37(31(42)35-32)15-44-29(40)16-5-3-2-4-6-16;1-42-22-10-8-19-13-36(29(39)25(19)26(22)33)15-32(23-12-20-11-18-7-9-21(38)24(18)27(34)28(20)44-23)30(40)37(31(41)35-32)16-43-14-17-5-3-2-4-6-17;1-17(35)42-23-7-4-3-6-20(23)27(37)41-16-34-28(38)30(32-29(34)39,25-13-22-24(43-25)8-5-11-31-22)15-33-14-18-9-10-19(40-2)12-21(18)26(33)36/h2-6,8,10-12H,7,9,13-15H2,1H3,(H,35,42);2-6,8,10-12H,7,9,13-16H2,1H3,(H,35,41);3-13H,14-16H2,1-2H3,(H,32,39)/t2*32-;30-/m000/s1. The first kappa shape index (κ1) is 86.3. The maximum absolute atomic E-state index is 15.6. The lowest BCUT2D eigenvalue weighted by Crippen LogP contribution is -2.52. The quantitative estimate of drug-likeness (QED) is 0.0232. The van der Waals surface area contributed by atoms with E-state index in [0.29, 0.717) is 67.3 Å². The Hall–Kier alpha value is -16.4. The number of benzene rings is 8. The van der Waals surface area contributed by atoms with Crippen molar-refractivity contribution in [3.8, 4) is 23.0 Å². The van der Waals surface area contributed by atoms with Crippen molar-refractivity contribution in [3.05, 3.63) is 289 Å². The van der Waals surface area contributed by atoms with Gasteiger partial charge in [-0.1, -0.05) is 78.9 Å². The number of nitrogens with zero attached hydrogens (tertiary/aromatic N) is 7. The predicted molar refractivity (Wildman–Crippen MR) is 447 cm³/mol. The highest BCUT2D eigenvalue weighted by Crippen LogP contribution is 2.45. The second-order valence-corrected chi connectivity index (χ2v) is 31.8. The number of imide groups is 3. The molecule has 670 valence electrons. The van der Waals surface area contributed by atoms with Crippen molar-refractivity contribution in [2.75, 3.05) is 61.2 Å². The third-order valence-electron chi connectivity index (χ3n) is 23.9. The van der Waals surface area contributed by atoms with Gasteiger partial charge in [0.1, 0.15) is 46.6 Å². The summed E-state index contributed by atoms with van der Waals surface area (Å²) in [6.45, 7) is -1.97. The lowest BCUT2D eigenvalue weighted by atomic mass is 9.94. The van der Waals surface area contributed by atoms with E-state index in [9.17, 15) is 67.1 Å². The Kier molecular flexibility index (Phi) is 22.2. The molecule has 3 saturated heterocycles. The van der Waals surface area contributed by atoms with Gasteiger partial charge in [0.25, 0.3) is 35.4 Å². The van der Waals surface area contributed by atoms with E-state index < -0.39 is 139 Å². The van der Waals surface area contributed by atoms with E-state index in [1.807, 2.05) is 30.3 Å². The van der Waals surface area contributed by atoms with Crippen LogP contribution in [0.3, 0.4) is 0 Å². The van der Waals surface area contributed by atoms with Crippen molar-refractivity contribution in [1.82, 2.24) is 50.3 Å². The minimum Gasteiger partial charge on any atom is -0.497 e. The van der Waals surface area contributed by atoms with Gasteiger partial charge in [0, 0.05) is 68.0 Å². The number of fused-ring (bicyclic) bond motifs is 8. The Labute approximate surface area is 742 Å². The molecule has 2 aliphatic carbocycles. The Morgan fingerprint density at radius 3 is 1.42 bits per heavy atom. The Morgan fingerprint density at radius 2 is 0.909 bits per heavy atom. The summed E-state index contributed by atoms with van der Waals surface area (Å²) < 4.78 is 116. The molecule has 3 atom stereocenters. The van der Waals surface area contributed by atoms with Gasteiger partial charge in [0.2, 0.25) is 0 Å². The van der Waals surface area contributed by atoms with Crippen molar-refractivity contribution in [2.24, 2.45) is 0 Å². The van der Waals surface area contributed by atoms with Crippen LogP contribution in [0.5, 0.6) is 23.0 Å². The SMILES string of the molecule is COc1ccc2c(c1)C(=O)N(C[C@@]1(c3cc4ncccc4o3)NC(=O)N(COC(=O)c3ccccc3OC(C)=O)C1=O)C2.COc1ccc2c(c1F)C(=O)N(C[C@@]1(c3cc4cc5c(c(F)c4o3)C(=O)CC5)NC(=O)N(COC(=O)c3ccccc3)C1=O)C2.COc1ccc2c(c1F)C(=O)N(C[C@@]1(c3cc4cc5c(c(F)c4o3)C(=O)CC5)NC(=O)N(COCc3ccccc3)C1=O)C2. The average molecular weight is 1800 g/mol. The molecule has 6 aliphatic heterocycles. The number of hydrogen-bond acceptors (Lipinski definition) is 25. The van der Waals surface area contributed by atoms with Crippen molar-refractivity contribution in [3.63, 3.8) is 0 Å². The predicted octanol–water partition coefficient (Wildman–Crippen LogP) is 11.5. The van der Waals surface area contributed by atoms with Crippen LogP contribution in [-0.2, 0) is 89.1 Å². The molecule has 12 amide bonds. The van der Waals surface area contributed by atoms with Gasteiger partial charge in [-0.25, -0.2) is 56.2 Å². The largest absolute Gasteiger partial charge is 0.497 e. The molecule has 0 bridgehead atoms. The molecular weight excluding hydrogens is 1730 g/mol. The number of urea groups is 3. The Balaban J connectivity index is 0.000000133. The highest BCUT2D eigenvalue weighted by atomic mass is 19.1. The summed E-state index contributed by atoms with van der Waals surface area (Å²) in [4.78, 5) is 194. The summed E-state index contributed by atoms with van der Waals surface area (Å²) in [5, 5.41) is 8.41. The number of methoxy groups -OCH3 is 3. The number of para-hydroxylation sites is 1. The van der Waals surface area contributed by atoms with Gasteiger partial charge in [-0.3, -0.25) is 48.1 Å². The minimum absolute atomic E-state index is 0.0370. The van der Waals surface area contributed by atoms with Crippen LogP contribution >= 0.6 is 0 Å². The number of carbonyl (C=O) groups excluding carboxylic acids is 14. The first-order valence-corrected chi connectivity index (χ1v) is 40.9. The highest BCUT2D eigenvalue weighted by Gasteiger charge is 2.61. The number of Topliss-reactive ketones (excluding diaryl/α,β-unsaturated/α-hetero) is 2. The van der Waals surface area contributed by atoms with Crippen LogP contribution in [0.25, 0.3) is 33.0 Å². The number of aryl methyl sites for hydroxylation is 2. The number of halogens is 4. The molecule has 8 aliphatic rings. The van der Waals surface area contributed by atoms with Gasteiger partial charge >= 0.3 is 36.0 Å². The minimum atomic E-state index is -2.13. The summed E-state index contributed by atoms with van der Waals surface area (Å²) >= 11 is 0. The molecular formula is C94H72F4N10O24. The number of rotatable bonds is 23. The van der Waals surface area contributed by atoms with Crippen molar-refractivity contribution in [2.45, 2.75) is 75.5 Å². The number of pyridine rings is 1. The van der Waals surface area contributed by atoms with Crippen LogP contribution < -0.4 is 34.9 Å². The van der Waals surface area contributed by atoms with E-state index in [4.69, 9.17) is 46.4 Å². The first-order chi connectivity index (χ1) is 63.5. The van der Waals surface area contributed by atoms with Crippen molar-refractivity contribution >= 4 is 116 Å². The summed E-state index contributed by atoms with van der Waals surface area (Å²) in [6, 6.07) is 42.1. The molecule has 0 spiro atoms. The fraction of sp³-hybridized carbons (Fsp3) is 0.223. The monoisotopic (exact) mass is 1800 g/mol. The lowest BCUT2D eigenvalue weighted by molar-refractivity contribution is -0.137. The molecule has 0 radical (unpaired) electrons. The van der Waals surface area contributed by atoms with Crippen LogP contribution in [0.2, 0.25) is 0 Å². The van der Waals surface area contributed by atoms with Crippen molar-refractivity contribution in [1.29, 1.82) is 0 Å². The molecule has 4 aromatic heterocycles. The first-order valence-electron chi connectivity index (χ1n) is 40.9. The topological polar surface area (TPSA) is 411 Å². The smallest absolute Gasteiger partial charge is 0.343 e. The van der Waals surface area contributed by atoms with Gasteiger partial charge in [-0.15, -0.1) is 0 Å². The maximum atomic E-state index is 15.6. The number of hydrogen-bond donors (Lipinski definition) is 3. The summed E-state index contributed by atoms with van der Waals surface area (Å²) in [5.74, 6) is -11.1. The molecule has 3 fully saturated rings. The second-order valence-electron chi connectivity index (χ2n) is 31.8. The van der Waals surface area contributed by atoms with E-state index in [-0.39, 0.29) is 153 Å². The lowest BCUT2D eigenvalue weighted by Gasteiger charge is -2.29. The molecule has 3 N–H and O–H groups in total. The molecule has 0 unspecified atom stereocenters. The fourth-order valence-electron chi connectivity index (χ4n) is 17.4. The van der Waals surface area contributed by atoms with E-state index in [2.05, 4.69) is 20.9 Å². The maximum Gasteiger partial charge on any atom is 0.343 e. The van der Waals surface area contributed by atoms with Gasteiger partial charge in [-0.2, -0.15) is 0 Å². The van der Waals surface area contributed by atoms with E-state index in [1.165, 1.54) is 98.7 Å². The third kappa shape index (κ3) is 14.9. The third-order valence-corrected chi connectivity index (χ3v) is 23.9. The highest BCUT2D eigenvalue weighted by molar-refractivity contribution is 6.13. The van der Waals surface area contributed by atoms with Gasteiger partial charge in [-0.05, 0) is 131 Å². The number of furan rings is 3. The molecule has 12 aromatic rings. The van der Waals surface area contributed by atoms with Gasteiger partial charge < -0.3 is 77.1 Å². The van der Waals surface area contributed by atoms with Gasteiger partial charge in [0.05, 0.1) is 75.4 Å². The molecule has 20 rings (SSSR count). The summed E-state index contributed by atoms with van der Waals surface area (Å²) in [7, 11) is 4.03. The number of carbonyl (C=O) groups is 14. The van der Waals surface area contributed by atoms with E-state index in [0.717, 1.165) is 20.9 Å². The zero-order valence-electron chi connectivity index (χ0n) is 70.1. The molecule has 8 aromatic carbocycles. The van der Waals surface area contributed by atoms with Crippen LogP contribution in [0.1, 0.15) is 143 Å². The molecule has 132 heavy (non-hydrogen) atoms. The fourth-order valence-corrected chi connectivity index (χ4v) is 17.4. The summed E-state index contributed by atoms with van der Waals surface area (Å²) in [6.07, 6.45) is 2.58. The van der Waals surface area contributed by atoms with E-state index in [1.54, 1.807) is 85.1 Å². The number of ether oxygens (including phenoxy) is 7. The van der Waals surface area contributed by atoms with Crippen LogP contribution in [0.15, 0.2) is 189 Å². The summed E-state index contributed by atoms with van der Waals surface area (Å²) in [5.41, 5.74) is -2.59. The average Bonchev–Trinajstić information content (AvgIpc) is 1.58. The van der Waals surface area contributed by atoms with Crippen molar-refractivity contribution < 1.29 is 131 Å². The zero-order chi connectivity index (χ0) is 92.7. The zero-order valence-corrected chi connectivity index (χ0v) is 70.1. The number of esters is 3. The number of amides is 12. The second kappa shape index (κ2) is 34.0. The molecule has 38 heteroatoms. The van der Waals surface area contributed by atoms with Gasteiger partial charge in [0.15, 0.2) is 93.2 Å². The normalized spacial score (nSPS) is 18.6. The number of ketones is 2. The number of aromatic nitrogens is 1. The molecule has 34 nitrogen and oxygen atoms in total. The van der Waals surface area contributed by atoms with E-state index >= 15 is 17.6 Å². The van der Waals surface area contributed by atoms with Crippen LogP contribution in [0, 0.1) is 23.3 Å². The Bertz CT molecular complexity index is 6950. The molecule has 0 saturated carbocycles. The van der Waals surface area contributed by atoms with Crippen LogP contribution in [-0.4, -0.2) is 179 Å². The number of nitrogens with one attached hydrogen (secondary N) is 3. The Morgan fingerprint density at radius 1 is 0.439 bits per heavy atom.